The van der Waals surface area contributed by atoms with Crippen LogP contribution in [0.4, 0.5) is 4.79 Å². The lowest BCUT2D eigenvalue weighted by Crippen LogP contribution is -2.56. The molecule has 2 aliphatic carbocycles. The third-order valence-electron chi connectivity index (χ3n) is 8.48. The van der Waals surface area contributed by atoms with Crippen LogP contribution in [0.1, 0.15) is 50.5 Å². The average Bonchev–Trinajstić information content (AvgIpc) is 3.07. The van der Waals surface area contributed by atoms with E-state index in [0.717, 1.165) is 32.2 Å². The van der Waals surface area contributed by atoms with Gasteiger partial charge >= 0.3 is 6.03 Å². The molecule has 3 aliphatic rings. The summed E-state index contributed by atoms with van der Waals surface area (Å²) in [5.74, 6) is 0.142. The number of nitrogens with one attached hydrogen (secondary N) is 2. The van der Waals surface area contributed by atoms with Gasteiger partial charge in [0.1, 0.15) is 6.54 Å². The summed E-state index contributed by atoms with van der Waals surface area (Å²) < 4.78 is 0. The van der Waals surface area contributed by atoms with Crippen LogP contribution in [0.5, 0.6) is 0 Å². The second kappa shape index (κ2) is 9.94. The monoisotopic (exact) mass is 469 g/mol. The van der Waals surface area contributed by atoms with Crippen LogP contribution in [-0.4, -0.2) is 85.4 Å². The molecular formula is C26H39N5O3. The number of urea groups is 1. The Balaban J connectivity index is 1.50. The van der Waals surface area contributed by atoms with E-state index < -0.39 is 0 Å². The van der Waals surface area contributed by atoms with E-state index in [0.29, 0.717) is 12.5 Å². The Bertz CT molecular complexity index is 893. The lowest BCUT2D eigenvalue weighted by molar-refractivity contribution is -0.134. The molecule has 4 amide bonds. The van der Waals surface area contributed by atoms with Gasteiger partial charge in [-0.3, -0.25) is 9.59 Å². The van der Waals surface area contributed by atoms with Gasteiger partial charge in [-0.25, -0.2) is 4.79 Å². The van der Waals surface area contributed by atoms with Crippen LogP contribution in [0.3, 0.4) is 0 Å². The second-order valence-corrected chi connectivity index (χ2v) is 10.4. The van der Waals surface area contributed by atoms with Crippen molar-refractivity contribution in [1.82, 2.24) is 25.3 Å². The van der Waals surface area contributed by atoms with Crippen molar-refractivity contribution < 1.29 is 14.4 Å². The highest BCUT2D eigenvalue weighted by atomic mass is 16.2. The molecule has 4 rings (SSSR count). The summed E-state index contributed by atoms with van der Waals surface area (Å²) in [4.78, 5) is 43.3. The zero-order valence-electron chi connectivity index (χ0n) is 20.8. The van der Waals surface area contributed by atoms with Gasteiger partial charge in [0, 0.05) is 32.7 Å². The van der Waals surface area contributed by atoms with E-state index in [-0.39, 0.29) is 42.0 Å². The average molecular weight is 470 g/mol. The molecule has 2 N–H and O–H groups in total. The summed E-state index contributed by atoms with van der Waals surface area (Å²) in [6.07, 6.45) is 7.29. The van der Waals surface area contributed by atoms with Gasteiger partial charge in [0.25, 0.3) is 0 Å². The summed E-state index contributed by atoms with van der Waals surface area (Å²) >= 11 is 0. The second-order valence-electron chi connectivity index (χ2n) is 10.4. The van der Waals surface area contributed by atoms with Crippen LogP contribution in [0.15, 0.2) is 30.3 Å². The summed E-state index contributed by atoms with van der Waals surface area (Å²) in [6, 6.07) is 10.6. The van der Waals surface area contributed by atoms with Crippen LogP contribution >= 0.6 is 0 Å². The fourth-order valence-electron chi connectivity index (χ4n) is 5.89. The summed E-state index contributed by atoms with van der Waals surface area (Å²) in [6.45, 7) is 1.38. The van der Waals surface area contributed by atoms with Gasteiger partial charge in [0.15, 0.2) is 0 Å². The van der Waals surface area contributed by atoms with E-state index in [2.05, 4.69) is 39.8 Å². The maximum Gasteiger partial charge on any atom is 0.321 e. The number of carbonyl (C=O) groups excluding carboxylic acids is 3. The minimum Gasteiger partial charge on any atom is -0.358 e. The van der Waals surface area contributed by atoms with Crippen LogP contribution in [-0.2, 0) is 15.1 Å². The highest BCUT2D eigenvalue weighted by Crippen LogP contribution is 2.47. The predicted molar refractivity (Wildman–Crippen MR) is 131 cm³/mol. The number of rotatable bonds is 8. The Morgan fingerprint density at radius 2 is 1.76 bits per heavy atom. The summed E-state index contributed by atoms with van der Waals surface area (Å²) in [5.41, 5.74) is 0.973. The number of likely N-dealkylation sites (N-methyl/N-ethyl adjacent to an activating group) is 2. The van der Waals surface area contributed by atoms with Crippen LogP contribution in [0.2, 0.25) is 0 Å². The molecule has 34 heavy (non-hydrogen) atoms. The van der Waals surface area contributed by atoms with Crippen molar-refractivity contribution in [2.24, 2.45) is 5.92 Å². The molecule has 1 spiro atoms. The molecule has 3 fully saturated rings. The van der Waals surface area contributed by atoms with Crippen molar-refractivity contribution in [1.29, 1.82) is 0 Å². The smallest absolute Gasteiger partial charge is 0.321 e. The number of hydrogen-bond acceptors (Lipinski definition) is 4. The maximum absolute atomic E-state index is 13.6. The number of hydrogen-bond donors (Lipinski definition) is 2. The Morgan fingerprint density at radius 1 is 1.09 bits per heavy atom. The maximum atomic E-state index is 13.6. The van der Waals surface area contributed by atoms with E-state index in [4.69, 9.17) is 0 Å². The first kappa shape index (κ1) is 24.5. The Kier molecular flexibility index (Phi) is 7.17. The molecule has 8 nitrogen and oxygen atoms in total. The SMILES string of the molecule is CNC(=O)CN(C)C(=O)CN1CC2(CCC(NC)(c3ccccc3)CC2)N(CC2CCC2)C1=O. The fraction of sp³-hybridized carbons (Fsp3) is 0.654. The van der Waals surface area contributed by atoms with Gasteiger partial charge in [0.2, 0.25) is 11.8 Å². The van der Waals surface area contributed by atoms with E-state index in [1.165, 1.54) is 29.7 Å². The molecular weight excluding hydrogens is 430 g/mol. The van der Waals surface area contributed by atoms with Gasteiger partial charge < -0.3 is 25.3 Å². The first-order chi connectivity index (χ1) is 16.3. The fourth-order valence-corrected chi connectivity index (χ4v) is 5.89. The highest BCUT2D eigenvalue weighted by molar-refractivity contribution is 5.88. The summed E-state index contributed by atoms with van der Waals surface area (Å²) in [5, 5.41) is 6.14. The molecule has 0 atom stereocenters. The molecule has 0 aromatic heterocycles. The van der Waals surface area contributed by atoms with Gasteiger partial charge in [0.05, 0.1) is 12.1 Å². The normalized spacial score (nSPS) is 27.1. The van der Waals surface area contributed by atoms with Crippen molar-refractivity contribution in [3.63, 3.8) is 0 Å². The molecule has 1 saturated heterocycles. The first-order valence-electron chi connectivity index (χ1n) is 12.6. The lowest BCUT2D eigenvalue weighted by atomic mass is 9.68. The highest BCUT2D eigenvalue weighted by Gasteiger charge is 2.54. The van der Waals surface area contributed by atoms with E-state index >= 15 is 0 Å². The van der Waals surface area contributed by atoms with E-state index in [1.54, 1.807) is 19.0 Å². The zero-order chi connectivity index (χ0) is 24.3. The lowest BCUT2D eigenvalue weighted by Gasteiger charge is -2.49. The Hall–Kier alpha value is -2.61. The van der Waals surface area contributed by atoms with Crippen LogP contribution in [0, 0.1) is 5.92 Å². The topological polar surface area (TPSA) is 85.0 Å². The van der Waals surface area contributed by atoms with Crippen molar-refractivity contribution in [2.45, 2.75) is 56.0 Å². The predicted octanol–water partition coefficient (Wildman–Crippen LogP) is 2.16. The molecule has 0 radical (unpaired) electrons. The standard InChI is InChI=1S/C26H39N5O3/c1-27-22(32)17-29(3)23(33)18-30-19-25(31(24(30)34)16-20-8-7-9-20)12-14-26(28-2,15-13-25)21-10-5-4-6-11-21/h4-6,10-11,20,28H,7-9,12-19H2,1-3H3,(H,27,32). The molecule has 186 valence electrons. The van der Waals surface area contributed by atoms with Crippen LogP contribution in [0.25, 0.3) is 0 Å². The number of carbonyl (C=O) groups is 3. The van der Waals surface area contributed by atoms with Gasteiger partial charge in [-0.05, 0) is 57.1 Å². The third-order valence-corrected chi connectivity index (χ3v) is 8.48. The van der Waals surface area contributed by atoms with Crippen molar-refractivity contribution in [3.05, 3.63) is 35.9 Å². The molecule has 0 bridgehead atoms. The quantitative estimate of drug-likeness (QED) is 0.611. The largest absolute Gasteiger partial charge is 0.358 e. The Labute approximate surface area is 203 Å². The molecule has 1 aromatic carbocycles. The molecule has 1 aliphatic heterocycles. The molecule has 8 heteroatoms. The number of benzene rings is 1. The molecule has 0 unspecified atom stereocenters. The van der Waals surface area contributed by atoms with E-state index in [1.807, 2.05) is 13.1 Å². The van der Waals surface area contributed by atoms with Crippen molar-refractivity contribution in [3.8, 4) is 0 Å². The minimum absolute atomic E-state index is 0.00391. The van der Waals surface area contributed by atoms with Gasteiger partial charge in [-0.1, -0.05) is 36.8 Å². The Morgan fingerprint density at radius 3 is 2.32 bits per heavy atom. The molecule has 1 heterocycles. The minimum atomic E-state index is -0.235. The molecule has 2 saturated carbocycles. The van der Waals surface area contributed by atoms with Gasteiger partial charge in [-0.2, -0.15) is 0 Å². The van der Waals surface area contributed by atoms with E-state index in [9.17, 15) is 14.4 Å². The van der Waals surface area contributed by atoms with Crippen LogP contribution < -0.4 is 10.6 Å². The summed E-state index contributed by atoms with van der Waals surface area (Å²) in [7, 11) is 5.20. The zero-order valence-corrected chi connectivity index (χ0v) is 20.8. The van der Waals surface area contributed by atoms with Gasteiger partial charge in [-0.15, -0.1) is 0 Å². The number of amides is 4. The molecule has 1 aromatic rings. The van der Waals surface area contributed by atoms with Crippen molar-refractivity contribution >= 4 is 17.8 Å². The first-order valence-corrected chi connectivity index (χ1v) is 12.6. The number of nitrogens with zero attached hydrogens (tertiary/aromatic N) is 3. The van der Waals surface area contributed by atoms with Crippen molar-refractivity contribution in [2.75, 3.05) is 47.3 Å². The third kappa shape index (κ3) is 4.65.